The number of hydrogen-bond acceptors (Lipinski definition) is 10. The summed E-state index contributed by atoms with van der Waals surface area (Å²) in [7, 11) is 1.92. The molecule has 0 fully saturated rings. The zero-order valence-corrected chi connectivity index (χ0v) is 21.4. The van der Waals surface area contributed by atoms with Gasteiger partial charge in [0.1, 0.15) is 5.75 Å². The fraction of sp³-hybridized carbons (Fsp3) is 0. The second kappa shape index (κ2) is 11.3. The van der Waals surface area contributed by atoms with Crippen molar-refractivity contribution in [1.29, 1.82) is 0 Å². The van der Waals surface area contributed by atoms with Gasteiger partial charge in [0, 0.05) is 22.0 Å². The molecule has 15 heteroatoms. The lowest BCUT2D eigenvalue weighted by atomic mass is 10.0. The number of carbonyl (C=O) groups excluding carboxylic acids is 1. The van der Waals surface area contributed by atoms with Gasteiger partial charge in [0.25, 0.3) is 17.3 Å². The van der Waals surface area contributed by atoms with E-state index in [9.17, 15) is 49.9 Å². The highest BCUT2D eigenvalue weighted by atomic mass is 33.1. The molecule has 0 unspecified atom stereocenters. The molecule has 0 spiro atoms. The fourth-order valence-electron chi connectivity index (χ4n) is 3.64. The lowest BCUT2D eigenvalue weighted by Crippen LogP contribution is -2.14. The summed E-state index contributed by atoms with van der Waals surface area (Å²) in [6.07, 6.45) is 0. The molecule has 1 amide bonds. The van der Waals surface area contributed by atoms with Gasteiger partial charge in [-0.25, -0.2) is 9.59 Å². The predicted octanol–water partition coefficient (Wildman–Crippen LogP) is 5.81. The number of carboxylic acid groups (broad SMARTS) is 2. The highest BCUT2D eigenvalue weighted by Crippen LogP contribution is 2.46. The van der Waals surface area contributed by atoms with Gasteiger partial charge in [-0.3, -0.25) is 25.0 Å². The molecule has 0 aliphatic heterocycles. The maximum atomic E-state index is 13.2. The van der Waals surface area contributed by atoms with E-state index in [2.05, 4.69) is 5.32 Å². The molecule has 0 saturated heterocycles. The molecule has 202 valence electrons. The van der Waals surface area contributed by atoms with Crippen LogP contribution in [0.1, 0.15) is 31.1 Å². The Bertz CT molecular complexity index is 1710. The Kier molecular flexibility index (Phi) is 7.88. The third kappa shape index (κ3) is 5.79. The monoisotopic (exact) mass is 581 g/mol. The van der Waals surface area contributed by atoms with Crippen molar-refractivity contribution in [3.63, 3.8) is 0 Å². The summed E-state index contributed by atoms with van der Waals surface area (Å²) in [5.41, 5.74) is -2.07. The number of carboxylic acids is 2. The number of phenolic OH excluding ortho intramolecular Hbond substituents is 1. The van der Waals surface area contributed by atoms with Crippen LogP contribution in [-0.2, 0) is 0 Å². The van der Waals surface area contributed by atoms with Crippen molar-refractivity contribution < 1.29 is 39.5 Å². The molecule has 0 bridgehead atoms. The smallest absolute Gasteiger partial charge is 0.335 e. The van der Waals surface area contributed by atoms with Crippen LogP contribution in [0.25, 0.3) is 10.8 Å². The van der Waals surface area contributed by atoms with E-state index in [1.54, 1.807) is 18.2 Å². The second-order valence-electron chi connectivity index (χ2n) is 8.01. The summed E-state index contributed by atoms with van der Waals surface area (Å²) in [6.45, 7) is 0. The number of rotatable bonds is 9. The molecular formula is C25H15N3O10S2. The van der Waals surface area contributed by atoms with Crippen molar-refractivity contribution in [2.45, 2.75) is 9.79 Å². The summed E-state index contributed by atoms with van der Waals surface area (Å²) in [5, 5.41) is 55.2. The number of benzene rings is 4. The number of amides is 1. The number of anilines is 1. The largest absolute Gasteiger partial charge is 0.506 e. The maximum Gasteiger partial charge on any atom is 0.335 e. The van der Waals surface area contributed by atoms with Gasteiger partial charge >= 0.3 is 11.9 Å². The molecule has 40 heavy (non-hydrogen) atoms. The van der Waals surface area contributed by atoms with E-state index in [1.807, 2.05) is 0 Å². The zero-order chi connectivity index (χ0) is 29.1. The zero-order valence-electron chi connectivity index (χ0n) is 19.8. The molecule has 4 N–H and O–H groups in total. The number of non-ortho nitro benzene ring substituents is 1. The SMILES string of the molecule is O=C(O)c1cc(NC(=O)c2cc(SSc3ccc([N+](=O)[O-])cc3[N+](=O)[O-])c3ccccc3c2O)cc(C(=O)O)c1. The van der Waals surface area contributed by atoms with Gasteiger partial charge in [-0.1, -0.05) is 35.1 Å². The molecule has 0 heterocycles. The average molecular weight is 582 g/mol. The van der Waals surface area contributed by atoms with Gasteiger partial charge in [0.05, 0.1) is 37.5 Å². The second-order valence-corrected chi connectivity index (χ2v) is 10.2. The van der Waals surface area contributed by atoms with Crippen LogP contribution in [0.3, 0.4) is 0 Å². The molecule has 0 saturated carbocycles. The summed E-state index contributed by atoms with van der Waals surface area (Å²) >= 11 is 0. The van der Waals surface area contributed by atoms with Crippen LogP contribution in [-0.4, -0.2) is 43.0 Å². The number of nitrogens with one attached hydrogen (secondary N) is 1. The first-order valence-electron chi connectivity index (χ1n) is 10.9. The summed E-state index contributed by atoms with van der Waals surface area (Å²) < 4.78 is 0. The number of nitro groups is 2. The number of aromatic hydroxyl groups is 1. The van der Waals surface area contributed by atoms with Crippen molar-refractivity contribution in [3.05, 3.63) is 104 Å². The minimum absolute atomic E-state index is 0.107. The average Bonchev–Trinajstić information content (AvgIpc) is 2.92. The van der Waals surface area contributed by atoms with Crippen LogP contribution in [0.15, 0.2) is 76.5 Å². The fourth-order valence-corrected chi connectivity index (χ4v) is 5.97. The van der Waals surface area contributed by atoms with Crippen LogP contribution < -0.4 is 5.32 Å². The topological polar surface area (TPSA) is 210 Å². The Labute approximate surface area is 231 Å². The lowest BCUT2D eigenvalue weighted by Gasteiger charge is -2.13. The van der Waals surface area contributed by atoms with Crippen molar-refractivity contribution >= 4 is 67.3 Å². The van der Waals surface area contributed by atoms with Gasteiger partial charge in [0.15, 0.2) is 0 Å². The van der Waals surface area contributed by atoms with Crippen molar-refractivity contribution in [2.24, 2.45) is 0 Å². The highest BCUT2D eigenvalue weighted by molar-refractivity contribution is 8.76. The molecule has 13 nitrogen and oxygen atoms in total. The molecule has 4 aromatic carbocycles. The standard InChI is InChI=1S/C25H15N3O10S2/c29-22-17-4-2-1-3-16(17)21(40-39-20-6-5-15(27(35)36)10-19(20)28(37)38)11-18(22)23(30)26-14-8-12(24(31)32)7-13(9-14)25(33)34/h1-11,29H,(H,26,30)(H,31,32)(H,33,34). The van der Waals surface area contributed by atoms with Crippen molar-refractivity contribution in [3.8, 4) is 5.75 Å². The Hall–Kier alpha value is -5.15. The normalized spacial score (nSPS) is 10.7. The van der Waals surface area contributed by atoms with E-state index in [4.69, 9.17) is 0 Å². The van der Waals surface area contributed by atoms with E-state index < -0.39 is 44.8 Å². The van der Waals surface area contributed by atoms with Crippen LogP contribution in [0, 0.1) is 20.2 Å². The minimum atomic E-state index is -1.41. The maximum absolute atomic E-state index is 13.2. The van der Waals surface area contributed by atoms with E-state index in [0.717, 1.165) is 51.9 Å². The molecule has 0 radical (unpaired) electrons. The molecule has 0 aliphatic rings. The predicted molar refractivity (Wildman–Crippen MR) is 145 cm³/mol. The van der Waals surface area contributed by atoms with Crippen LogP contribution in [0.2, 0.25) is 0 Å². The van der Waals surface area contributed by atoms with Crippen molar-refractivity contribution in [2.75, 3.05) is 5.32 Å². The molecular weight excluding hydrogens is 566 g/mol. The first kappa shape index (κ1) is 27.9. The van der Waals surface area contributed by atoms with Gasteiger partial charge < -0.3 is 20.6 Å². The lowest BCUT2D eigenvalue weighted by molar-refractivity contribution is -0.396. The summed E-state index contributed by atoms with van der Waals surface area (Å²) in [6, 6.07) is 14.0. The van der Waals surface area contributed by atoms with Crippen molar-refractivity contribution in [1.82, 2.24) is 0 Å². The quantitative estimate of drug-likeness (QED) is 0.105. The Morgan fingerprint density at radius 2 is 1.35 bits per heavy atom. The van der Waals surface area contributed by atoms with E-state index in [1.165, 1.54) is 18.2 Å². The number of nitrogens with zero attached hydrogens (tertiary/aromatic N) is 2. The number of nitro benzene ring substituents is 2. The van der Waals surface area contributed by atoms with Gasteiger partial charge in [-0.15, -0.1) is 0 Å². The number of aromatic carboxylic acids is 2. The first-order valence-corrected chi connectivity index (χ1v) is 13.1. The number of carbonyl (C=O) groups is 3. The van der Waals surface area contributed by atoms with Gasteiger partial charge in [-0.05, 0) is 46.5 Å². The molecule has 4 aromatic rings. The van der Waals surface area contributed by atoms with Crippen LogP contribution >= 0.6 is 21.6 Å². The minimum Gasteiger partial charge on any atom is -0.506 e. The van der Waals surface area contributed by atoms with E-state index in [0.29, 0.717) is 10.3 Å². The molecule has 0 aliphatic carbocycles. The highest BCUT2D eigenvalue weighted by Gasteiger charge is 2.23. The first-order chi connectivity index (χ1) is 19.0. The van der Waals surface area contributed by atoms with Crippen LogP contribution in [0.4, 0.5) is 17.1 Å². The number of fused-ring (bicyclic) bond motifs is 1. The van der Waals surface area contributed by atoms with Gasteiger partial charge in [-0.2, -0.15) is 0 Å². The van der Waals surface area contributed by atoms with Gasteiger partial charge in [0.2, 0.25) is 0 Å². The Balaban J connectivity index is 1.72. The third-order valence-electron chi connectivity index (χ3n) is 5.48. The Morgan fingerprint density at radius 3 is 1.93 bits per heavy atom. The molecule has 0 atom stereocenters. The number of hydrogen-bond donors (Lipinski definition) is 4. The summed E-state index contributed by atoms with van der Waals surface area (Å²) in [5.74, 6) is -4.11. The Morgan fingerprint density at radius 1 is 0.750 bits per heavy atom. The molecule has 0 aromatic heterocycles. The van der Waals surface area contributed by atoms with Crippen LogP contribution in [0.5, 0.6) is 5.75 Å². The summed E-state index contributed by atoms with van der Waals surface area (Å²) in [4.78, 5) is 57.6. The van der Waals surface area contributed by atoms with E-state index in [-0.39, 0.29) is 32.7 Å². The number of phenols is 1. The third-order valence-corrected chi connectivity index (χ3v) is 7.93. The van der Waals surface area contributed by atoms with E-state index >= 15 is 0 Å². The molecule has 4 rings (SSSR count).